The van der Waals surface area contributed by atoms with Crippen molar-refractivity contribution in [2.75, 3.05) is 13.2 Å². The number of rotatable bonds is 4. The van der Waals surface area contributed by atoms with Crippen molar-refractivity contribution >= 4 is 5.91 Å². The number of carbonyl (C=O) groups is 1. The predicted octanol–water partition coefficient (Wildman–Crippen LogP) is -0.0448. The molecule has 0 saturated heterocycles. The summed E-state index contributed by atoms with van der Waals surface area (Å²) < 4.78 is 0. The van der Waals surface area contributed by atoms with E-state index in [1.165, 1.54) is 6.92 Å². The minimum Gasteiger partial charge on any atom is -0.396 e. The van der Waals surface area contributed by atoms with E-state index in [2.05, 4.69) is 12.2 Å². The van der Waals surface area contributed by atoms with Crippen LogP contribution in [0.4, 0.5) is 0 Å². The first-order valence-corrected chi connectivity index (χ1v) is 3.35. The van der Waals surface area contributed by atoms with Crippen LogP contribution >= 0.6 is 0 Å². The average molecular weight is 144 g/mol. The Kier molecular flexibility index (Phi) is 4.76. The van der Waals surface area contributed by atoms with Crippen molar-refractivity contribution in [3.8, 4) is 0 Å². The lowest BCUT2D eigenvalue weighted by atomic mass is 10.1. The first-order valence-electron chi connectivity index (χ1n) is 3.35. The van der Waals surface area contributed by atoms with Crippen molar-refractivity contribution in [2.45, 2.75) is 13.3 Å². The maximum Gasteiger partial charge on any atom is 0.216 e. The van der Waals surface area contributed by atoms with E-state index in [9.17, 15) is 4.79 Å². The second kappa shape index (κ2) is 5.11. The number of aliphatic hydroxyl groups is 1. The van der Waals surface area contributed by atoms with Crippen LogP contribution in [0.1, 0.15) is 13.3 Å². The third-order valence-electron chi connectivity index (χ3n) is 1.31. The SMILES string of the molecule is [CH2+]CC(CO)CNC(C)=O. The van der Waals surface area contributed by atoms with Crippen LogP contribution in [-0.4, -0.2) is 24.2 Å². The molecule has 0 aliphatic rings. The molecule has 0 aromatic heterocycles. The molecule has 0 aromatic carbocycles. The van der Waals surface area contributed by atoms with Gasteiger partial charge in [-0.15, -0.1) is 0 Å². The Bertz CT molecular complexity index is 99.8. The molecular formula is C7H14NO2+. The largest absolute Gasteiger partial charge is 0.396 e. The first kappa shape index (κ1) is 9.30. The van der Waals surface area contributed by atoms with E-state index in [4.69, 9.17) is 5.11 Å². The Balaban J connectivity index is 3.34. The molecule has 2 N–H and O–H groups in total. The smallest absolute Gasteiger partial charge is 0.216 e. The zero-order chi connectivity index (χ0) is 7.98. The molecule has 1 unspecified atom stereocenters. The van der Waals surface area contributed by atoms with E-state index in [1.54, 1.807) is 0 Å². The standard InChI is InChI=1S/C7H13NO2/c1-3-7(5-9)4-8-6(2)10/h7,9H,1,3-5H2,2H3/p+1. The van der Waals surface area contributed by atoms with Gasteiger partial charge in [-0.1, -0.05) is 0 Å². The lowest BCUT2D eigenvalue weighted by Crippen LogP contribution is -2.28. The van der Waals surface area contributed by atoms with Crippen LogP contribution in [0.15, 0.2) is 0 Å². The molecule has 0 aliphatic carbocycles. The molecule has 0 radical (unpaired) electrons. The second-order valence-electron chi connectivity index (χ2n) is 2.27. The summed E-state index contributed by atoms with van der Waals surface area (Å²) >= 11 is 0. The van der Waals surface area contributed by atoms with E-state index < -0.39 is 0 Å². The predicted molar refractivity (Wildman–Crippen MR) is 39.2 cm³/mol. The molecule has 0 spiro atoms. The molecule has 58 valence electrons. The Labute approximate surface area is 61.4 Å². The minimum atomic E-state index is -0.0631. The fraction of sp³-hybridized carbons (Fsp3) is 0.714. The summed E-state index contributed by atoms with van der Waals surface area (Å²) in [5.74, 6) is 0.0378. The van der Waals surface area contributed by atoms with Gasteiger partial charge in [-0.05, 0) is 0 Å². The molecule has 0 aliphatic heterocycles. The van der Waals surface area contributed by atoms with Crippen LogP contribution in [0, 0.1) is 12.8 Å². The molecule has 1 amide bonds. The molecule has 0 saturated carbocycles. The van der Waals surface area contributed by atoms with Gasteiger partial charge in [0.25, 0.3) is 0 Å². The van der Waals surface area contributed by atoms with Crippen molar-refractivity contribution in [3.63, 3.8) is 0 Å². The highest BCUT2D eigenvalue weighted by Gasteiger charge is 2.07. The van der Waals surface area contributed by atoms with Gasteiger partial charge in [0.05, 0.1) is 20.0 Å². The molecule has 10 heavy (non-hydrogen) atoms. The van der Waals surface area contributed by atoms with E-state index in [1.807, 2.05) is 0 Å². The number of nitrogens with one attached hydrogen (secondary N) is 1. The highest BCUT2D eigenvalue weighted by molar-refractivity contribution is 5.72. The van der Waals surface area contributed by atoms with E-state index in [0.717, 1.165) is 0 Å². The zero-order valence-corrected chi connectivity index (χ0v) is 6.26. The van der Waals surface area contributed by atoms with E-state index in [0.29, 0.717) is 13.0 Å². The van der Waals surface area contributed by atoms with Gasteiger partial charge in [0, 0.05) is 19.4 Å². The lowest BCUT2D eigenvalue weighted by molar-refractivity contribution is -0.119. The Morgan fingerprint density at radius 2 is 2.40 bits per heavy atom. The molecule has 0 rings (SSSR count). The zero-order valence-electron chi connectivity index (χ0n) is 6.26. The van der Waals surface area contributed by atoms with Gasteiger partial charge in [0.15, 0.2) is 0 Å². The van der Waals surface area contributed by atoms with Gasteiger partial charge in [0.2, 0.25) is 5.91 Å². The molecule has 0 fully saturated rings. The van der Waals surface area contributed by atoms with Crippen molar-refractivity contribution < 1.29 is 9.90 Å². The second-order valence-corrected chi connectivity index (χ2v) is 2.27. The quantitative estimate of drug-likeness (QED) is 0.544. The fourth-order valence-corrected chi connectivity index (χ4v) is 0.546. The van der Waals surface area contributed by atoms with Gasteiger partial charge in [0.1, 0.15) is 0 Å². The van der Waals surface area contributed by atoms with Crippen LogP contribution in [-0.2, 0) is 4.79 Å². The summed E-state index contributed by atoms with van der Waals surface area (Å²) in [6.07, 6.45) is 0.650. The van der Waals surface area contributed by atoms with Crippen molar-refractivity contribution in [1.29, 1.82) is 0 Å². The Hall–Kier alpha value is -0.700. The molecule has 3 heteroatoms. The number of aliphatic hydroxyl groups excluding tert-OH is 1. The molecule has 0 aromatic rings. The normalized spacial score (nSPS) is 12.6. The monoisotopic (exact) mass is 144 g/mol. The summed E-state index contributed by atoms with van der Waals surface area (Å²) in [5.41, 5.74) is 0. The summed E-state index contributed by atoms with van der Waals surface area (Å²) in [6.45, 7) is 5.69. The summed E-state index contributed by atoms with van der Waals surface area (Å²) in [4.78, 5) is 10.4. The van der Waals surface area contributed by atoms with Crippen LogP contribution in [0.5, 0.6) is 0 Å². The number of hydrogen-bond donors (Lipinski definition) is 2. The molecule has 1 atom stereocenters. The summed E-state index contributed by atoms with van der Waals surface area (Å²) in [5, 5.41) is 11.3. The van der Waals surface area contributed by atoms with E-state index in [-0.39, 0.29) is 18.4 Å². The molecule has 3 nitrogen and oxygen atoms in total. The fourth-order valence-electron chi connectivity index (χ4n) is 0.546. The number of carbonyl (C=O) groups excluding carboxylic acids is 1. The Morgan fingerprint density at radius 1 is 1.80 bits per heavy atom. The molecule has 0 bridgehead atoms. The average Bonchev–Trinajstić information content (AvgIpc) is 1.90. The maximum absolute atomic E-state index is 10.4. The van der Waals surface area contributed by atoms with Gasteiger partial charge < -0.3 is 10.4 Å². The van der Waals surface area contributed by atoms with Crippen LogP contribution < -0.4 is 5.32 Å². The van der Waals surface area contributed by atoms with E-state index >= 15 is 0 Å². The number of amides is 1. The highest BCUT2D eigenvalue weighted by Crippen LogP contribution is 1.97. The lowest BCUT2D eigenvalue weighted by Gasteiger charge is -2.07. The number of hydrogen-bond acceptors (Lipinski definition) is 2. The third-order valence-corrected chi connectivity index (χ3v) is 1.31. The van der Waals surface area contributed by atoms with Crippen LogP contribution in [0.3, 0.4) is 0 Å². The van der Waals surface area contributed by atoms with Crippen LogP contribution in [0.2, 0.25) is 0 Å². The van der Waals surface area contributed by atoms with Crippen LogP contribution in [0.25, 0.3) is 0 Å². The van der Waals surface area contributed by atoms with Crippen molar-refractivity contribution in [3.05, 3.63) is 6.92 Å². The first-order chi connectivity index (χ1) is 4.70. The summed E-state index contributed by atoms with van der Waals surface area (Å²) in [6, 6.07) is 0. The third kappa shape index (κ3) is 4.21. The Morgan fingerprint density at radius 3 is 2.70 bits per heavy atom. The van der Waals surface area contributed by atoms with Crippen molar-refractivity contribution in [2.24, 2.45) is 5.92 Å². The highest BCUT2D eigenvalue weighted by atomic mass is 16.3. The van der Waals surface area contributed by atoms with Gasteiger partial charge in [-0.2, -0.15) is 0 Å². The molecular weight excluding hydrogens is 130 g/mol. The minimum absolute atomic E-state index is 0.0631. The molecule has 0 heterocycles. The maximum atomic E-state index is 10.4. The van der Waals surface area contributed by atoms with Crippen molar-refractivity contribution in [1.82, 2.24) is 5.32 Å². The topological polar surface area (TPSA) is 49.3 Å². The van der Waals surface area contributed by atoms with Gasteiger partial charge in [-0.25, -0.2) is 0 Å². The summed E-state index contributed by atoms with van der Waals surface area (Å²) in [7, 11) is 0. The van der Waals surface area contributed by atoms with Gasteiger partial charge in [-0.3, -0.25) is 4.79 Å². The van der Waals surface area contributed by atoms with Gasteiger partial charge >= 0.3 is 0 Å².